The number of rotatable bonds is 3. The van der Waals surface area contributed by atoms with E-state index in [1.807, 2.05) is 12.3 Å². The predicted octanol–water partition coefficient (Wildman–Crippen LogP) is 2.63. The van der Waals surface area contributed by atoms with Crippen LogP contribution in [0, 0.1) is 0 Å². The Kier molecular flexibility index (Phi) is 4.11. The van der Waals surface area contributed by atoms with Gasteiger partial charge < -0.3 is 9.47 Å². The highest BCUT2D eigenvalue weighted by Gasteiger charge is 2.23. The number of ether oxygens (including phenoxy) is 2. The van der Waals surface area contributed by atoms with E-state index in [4.69, 9.17) is 9.47 Å². The first-order chi connectivity index (χ1) is 11.4. The smallest absolute Gasteiger partial charge is 0.161 e. The molecular formula is C18H21N3O2. The zero-order valence-corrected chi connectivity index (χ0v) is 13.1. The summed E-state index contributed by atoms with van der Waals surface area (Å²) in [4.78, 5) is 11.2. The standard InChI is InChI=1S/C18H21N3O2/c1-2-15(16-11-19-5-6-20-16)13-21(7-1)12-14-3-4-17-18(10-14)23-9-8-22-17/h3-6,10-11,15H,1-2,7-9,12-13H2. The van der Waals surface area contributed by atoms with Crippen molar-refractivity contribution >= 4 is 0 Å². The molecule has 1 aromatic carbocycles. The minimum absolute atomic E-state index is 0.481. The summed E-state index contributed by atoms with van der Waals surface area (Å²) in [6.07, 6.45) is 7.81. The Bertz CT molecular complexity index is 663. The molecular weight excluding hydrogens is 290 g/mol. The molecule has 1 saturated heterocycles. The van der Waals surface area contributed by atoms with Crippen molar-refractivity contribution in [3.05, 3.63) is 48.0 Å². The van der Waals surface area contributed by atoms with E-state index >= 15 is 0 Å². The molecule has 4 rings (SSSR count). The SMILES string of the molecule is c1cnc(C2CCCN(Cc3ccc4c(c3)OCCO4)C2)cn1. The van der Waals surface area contributed by atoms with Crippen LogP contribution in [0.15, 0.2) is 36.8 Å². The molecule has 0 spiro atoms. The van der Waals surface area contributed by atoms with Crippen molar-refractivity contribution in [2.24, 2.45) is 0 Å². The van der Waals surface area contributed by atoms with E-state index in [1.165, 1.54) is 18.4 Å². The first-order valence-corrected chi connectivity index (χ1v) is 8.25. The van der Waals surface area contributed by atoms with Crippen molar-refractivity contribution in [3.8, 4) is 11.5 Å². The van der Waals surface area contributed by atoms with E-state index in [9.17, 15) is 0 Å². The number of hydrogen-bond donors (Lipinski definition) is 0. The largest absolute Gasteiger partial charge is 0.486 e. The van der Waals surface area contributed by atoms with Crippen LogP contribution in [0.4, 0.5) is 0 Å². The van der Waals surface area contributed by atoms with Gasteiger partial charge in [0, 0.05) is 37.6 Å². The fourth-order valence-corrected chi connectivity index (χ4v) is 3.41. The molecule has 1 fully saturated rings. The number of fused-ring (bicyclic) bond motifs is 1. The molecule has 1 unspecified atom stereocenters. The lowest BCUT2D eigenvalue weighted by molar-refractivity contribution is 0.170. The lowest BCUT2D eigenvalue weighted by atomic mass is 9.94. The van der Waals surface area contributed by atoms with Crippen LogP contribution in [0.25, 0.3) is 0 Å². The molecule has 0 amide bonds. The Balaban J connectivity index is 1.44. The molecule has 2 aromatic rings. The summed E-state index contributed by atoms with van der Waals surface area (Å²) in [5.74, 6) is 2.21. The summed E-state index contributed by atoms with van der Waals surface area (Å²) >= 11 is 0. The average molecular weight is 311 g/mol. The van der Waals surface area contributed by atoms with Gasteiger partial charge in [0.25, 0.3) is 0 Å². The Morgan fingerprint density at radius 2 is 2.04 bits per heavy atom. The summed E-state index contributed by atoms with van der Waals surface area (Å²) in [6, 6.07) is 6.27. The second-order valence-corrected chi connectivity index (χ2v) is 6.18. The summed E-state index contributed by atoms with van der Waals surface area (Å²) in [5, 5.41) is 0. The van der Waals surface area contributed by atoms with Crippen molar-refractivity contribution in [2.75, 3.05) is 26.3 Å². The third-order valence-corrected chi connectivity index (χ3v) is 4.52. The maximum Gasteiger partial charge on any atom is 0.161 e. The van der Waals surface area contributed by atoms with Gasteiger partial charge in [-0.2, -0.15) is 0 Å². The number of hydrogen-bond acceptors (Lipinski definition) is 5. The monoisotopic (exact) mass is 311 g/mol. The average Bonchev–Trinajstić information content (AvgIpc) is 2.63. The van der Waals surface area contributed by atoms with Crippen molar-refractivity contribution in [1.82, 2.24) is 14.9 Å². The van der Waals surface area contributed by atoms with E-state index in [1.54, 1.807) is 12.4 Å². The van der Waals surface area contributed by atoms with Crippen LogP contribution < -0.4 is 9.47 Å². The van der Waals surface area contributed by atoms with Gasteiger partial charge in [-0.3, -0.25) is 14.9 Å². The van der Waals surface area contributed by atoms with E-state index < -0.39 is 0 Å². The van der Waals surface area contributed by atoms with E-state index in [2.05, 4.69) is 27.0 Å². The highest BCUT2D eigenvalue weighted by molar-refractivity contribution is 5.43. The first-order valence-electron chi connectivity index (χ1n) is 8.25. The molecule has 0 bridgehead atoms. The quantitative estimate of drug-likeness (QED) is 0.872. The molecule has 0 N–H and O–H groups in total. The van der Waals surface area contributed by atoms with E-state index in [0.29, 0.717) is 19.1 Å². The van der Waals surface area contributed by atoms with Gasteiger partial charge in [0.2, 0.25) is 0 Å². The Morgan fingerprint density at radius 3 is 2.91 bits per heavy atom. The van der Waals surface area contributed by atoms with Gasteiger partial charge in [0.15, 0.2) is 11.5 Å². The molecule has 23 heavy (non-hydrogen) atoms. The lowest BCUT2D eigenvalue weighted by Gasteiger charge is -2.32. The summed E-state index contributed by atoms with van der Waals surface area (Å²) < 4.78 is 11.3. The predicted molar refractivity (Wildman–Crippen MR) is 86.7 cm³/mol. The van der Waals surface area contributed by atoms with Crippen LogP contribution in [0.3, 0.4) is 0 Å². The highest BCUT2D eigenvalue weighted by atomic mass is 16.6. The number of piperidine rings is 1. The van der Waals surface area contributed by atoms with E-state index in [-0.39, 0.29) is 0 Å². The van der Waals surface area contributed by atoms with Crippen LogP contribution in [0.1, 0.15) is 30.0 Å². The third-order valence-electron chi connectivity index (χ3n) is 4.52. The molecule has 5 nitrogen and oxygen atoms in total. The van der Waals surface area contributed by atoms with Gasteiger partial charge in [-0.05, 0) is 37.1 Å². The van der Waals surface area contributed by atoms with Crippen LogP contribution >= 0.6 is 0 Å². The number of benzene rings is 1. The van der Waals surface area contributed by atoms with Gasteiger partial charge in [-0.15, -0.1) is 0 Å². The maximum absolute atomic E-state index is 5.68. The topological polar surface area (TPSA) is 47.5 Å². The zero-order chi connectivity index (χ0) is 15.5. The van der Waals surface area contributed by atoms with Crippen molar-refractivity contribution in [2.45, 2.75) is 25.3 Å². The fourth-order valence-electron chi connectivity index (χ4n) is 3.41. The second kappa shape index (κ2) is 6.54. The maximum atomic E-state index is 5.68. The second-order valence-electron chi connectivity index (χ2n) is 6.18. The minimum Gasteiger partial charge on any atom is -0.486 e. The first kappa shape index (κ1) is 14.5. The van der Waals surface area contributed by atoms with Gasteiger partial charge in [0.1, 0.15) is 13.2 Å². The van der Waals surface area contributed by atoms with Crippen molar-refractivity contribution < 1.29 is 9.47 Å². The minimum atomic E-state index is 0.481. The Hall–Kier alpha value is -2.14. The van der Waals surface area contributed by atoms with Gasteiger partial charge in [-0.1, -0.05) is 6.07 Å². The molecule has 1 atom stereocenters. The molecule has 120 valence electrons. The molecule has 0 aliphatic carbocycles. The number of nitrogens with zero attached hydrogens (tertiary/aromatic N) is 3. The summed E-state index contributed by atoms with van der Waals surface area (Å²) in [5.41, 5.74) is 2.38. The Labute approximate surface area is 136 Å². The molecule has 0 radical (unpaired) electrons. The molecule has 5 heteroatoms. The normalized spacial score (nSPS) is 21.1. The van der Waals surface area contributed by atoms with Gasteiger partial charge >= 0.3 is 0 Å². The van der Waals surface area contributed by atoms with Crippen LogP contribution in [0.2, 0.25) is 0 Å². The Morgan fingerprint density at radius 1 is 1.13 bits per heavy atom. The summed E-state index contributed by atoms with van der Waals surface area (Å²) in [7, 11) is 0. The van der Waals surface area contributed by atoms with Crippen LogP contribution in [-0.4, -0.2) is 41.2 Å². The number of likely N-dealkylation sites (tertiary alicyclic amines) is 1. The number of aromatic nitrogens is 2. The van der Waals surface area contributed by atoms with Crippen LogP contribution in [-0.2, 0) is 6.54 Å². The molecule has 0 saturated carbocycles. The zero-order valence-electron chi connectivity index (χ0n) is 13.1. The van der Waals surface area contributed by atoms with E-state index in [0.717, 1.165) is 36.8 Å². The molecule has 3 heterocycles. The molecule has 2 aliphatic heterocycles. The highest BCUT2D eigenvalue weighted by Crippen LogP contribution is 2.32. The molecule has 1 aromatic heterocycles. The van der Waals surface area contributed by atoms with Gasteiger partial charge in [-0.25, -0.2) is 0 Å². The lowest BCUT2D eigenvalue weighted by Crippen LogP contribution is -2.34. The van der Waals surface area contributed by atoms with Crippen molar-refractivity contribution in [3.63, 3.8) is 0 Å². The fraction of sp³-hybridized carbons (Fsp3) is 0.444. The van der Waals surface area contributed by atoms with Crippen LogP contribution in [0.5, 0.6) is 11.5 Å². The van der Waals surface area contributed by atoms with Gasteiger partial charge in [0.05, 0.1) is 5.69 Å². The third kappa shape index (κ3) is 3.29. The molecule has 2 aliphatic rings. The summed E-state index contributed by atoms with van der Waals surface area (Å²) in [6.45, 7) is 4.37. The van der Waals surface area contributed by atoms with Crippen molar-refractivity contribution in [1.29, 1.82) is 0 Å².